The van der Waals surface area contributed by atoms with E-state index in [-0.39, 0.29) is 0 Å². The lowest BCUT2D eigenvalue weighted by molar-refractivity contribution is -0.0543. The first kappa shape index (κ1) is 11.3. The van der Waals surface area contributed by atoms with Crippen molar-refractivity contribution in [2.24, 2.45) is 0 Å². The molecule has 1 aromatic heterocycles. The highest BCUT2D eigenvalue weighted by molar-refractivity contribution is 5.34. The summed E-state index contributed by atoms with van der Waals surface area (Å²) < 4.78 is 5.22. The maximum atomic E-state index is 10.2. The molecule has 1 aromatic rings. The smallest absolute Gasteiger partial charge is 0.129 e. The highest BCUT2D eigenvalue weighted by Gasteiger charge is 2.29. The Labute approximate surface area is 94.9 Å². The molecular weight excluding hydrogens is 206 g/mol. The van der Waals surface area contributed by atoms with Gasteiger partial charge in [0.2, 0.25) is 0 Å². The lowest BCUT2D eigenvalue weighted by atomic mass is 9.94. The number of hydrogen-bond acceptors (Lipinski definition) is 5. The van der Waals surface area contributed by atoms with Gasteiger partial charge < -0.3 is 15.2 Å². The van der Waals surface area contributed by atoms with Crippen LogP contribution in [0.2, 0.25) is 0 Å². The van der Waals surface area contributed by atoms with Crippen molar-refractivity contribution in [1.29, 1.82) is 0 Å². The molecule has 0 aliphatic carbocycles. The average molecular weight is 223 g/mol. The average Bonchev–Trinajstić information content (AvgIpc) is 2.28. The third-order valence-corrected chi connectivity index (χ3v) is 2.83. The first-order chi connectivity index (χ1) is 7.68. The van der Waals surface area contributed by atoms with Crippen molar-refractivity contribution in [1.82, 2.24) is 9.97 Å². The van der Waals surface area contributed by atoms with E-state index in [2.05, 4.69) is 15.3 Å². The summed E-state index contributed by atoms with van der Waals surface area (Å²) in [6.45, 7) is 3.67. The summed E-state index contributed by atoms with van der Waals surface area (Å²) in [6, 6.07) is 1.86. The summed E-state index contributed by atoms with van der Waals surface area (Å²) >= 11 is 0. The van der Waals surface area contributed by atoms with Gasteiger partial charge in [0.15, 0.2) is 0 Å². The van der Waals surface area contributed by atoms with Crippen molar-refractivity contribution in [3.8, 4) is 0 Å². The Balaban J connectivity index is 1.91. The number of aliphatic hydroxyl groups is 1. The van der Waals surface area contributed by atoms with E-state index in [0.717, 1.165) is 11.5 Å². The normalized spacial score (nSPS) is 19.4. The van der Waals surface area contributed by atoms with Crippen molar-refractivity contribution >= 4 is 5.82 Å². The molecule has 16 heavy (non-hydrogen) atoms. The predicted molar refractivity (Wildman–Crippen MR) is 60.3 cm³/mol. The van der Waals surface area contributed by atoms with Crippen LogP contribution in [0.1, 0.15) is 18.5 Å². The van der Waals surface area contributed by atoms with Gasteiger partial charge in [-0.3, -0.25) is 0 Å². The molecule has 88 valence electrons. The van der Waals surface area contributed by atoms with E-state index in [1.54, 1.807) is 0 Å². The third kappa shape index (κ3) is 2.90. The molecular formula is C11H17N3O2. The van der Waals surface area contributed by atoms with Gasteiger partial charge in [-0.1, -0.05) is 0 Å². The van der Waals surface area contributed by atoms with Crippen LogP contribution in [-0.2, 0) is 4.74 Å². The van der Waals surface area contributed by atoms with Gasteiger partial charge in [-0.15, -0.1) is 0 Å². The van der Waals surface area contributed by atoms with Crippen LogP contribution in [0, 0.1) is 6.92 Å². The van der Waals surface area contributed by atoms with E-state index in [9.17, 15) is 5.11 Å². The van der Waals surface area contributed by atoms with Crippen LogP contribution in [0.5, 0.6) is 0 Å². The Bertz CT molecular complexity index is 351. The van der Waals surface area contributed by atoms with Crippen LogP contribution in [0.25, 0.3) is 0 Å². The van der Waals surface area contributed by atoms with Gasteiger partial charge in [-0.25, -0.2) is 9.97 Å². The van der Waals surface area contributed by atoms with Crippen molar-refractivity contribution in [3.63, 3.8) is 0 Å². The van der Waals surface area contributed by atoms with Crippen molar-refractivity contribution in [2.45, 2.75) is 25.4 Å². The number of nitrogens with zero attached hydrogens (tertiary/aromatic N) is 2. The first-order valence-electron chi connectivity index (χ1n) is 5.51. The molecule has 0 saturated carbocycles. The second-order valence-electron chi connectivity index (χ2n) is 4.23. The molecule has 0 radical (unpaired) electrons. The van der Waals surface area contributed by atoms with Crippen molar-refractivity contribution in [2.75, 3.05) is 25.1 Å². The predicted octanol–water partition coefficient (Wildman–Crippen LogP) is 0.738. The summed E-state index contributed by atoms with van der Waals surface area (Å²) in [6.07, 6.45) is 2.86. The monoisotopic (exact) mass is 223 g/mol. The second-order valence-corrected chi connectivity index (χ2v) is 4.23. The Kier molecular flexibility index (Phi) is 3.36. The summed E-state index contributed by atoms with van der Waals surface area (Å²) in [5.74, 6) is 0.757. The van der Waals surface area contributed by atoms with E-state index in [1.807, 2.05) is 13.0 Å². The van der Waals surface area contributed by atoms with Crippen LogP contribution < -0.4 is 5.32 Å². The van der Waals surface area contributed by atoms with Gasteiger partial charge in [0, 0.05) is 44.4 Å². The Hall–Kier alpha value is -1.20. The van der Waals surface area contributed by atoms with E-state index < -0.39 is 5.60 Å². The second kappa shape index (κ2) is 4.76. The fourth-order valence-corrected chi connectivity index (χ4v) is 1.73. The molecule has 1 aliphatic rings. The zero-order chi connectivity index (χ0) is 11.4. The molecule has 5 nitrogen and oxygen atoms in total. The fraction of sp³-hybridized carbons (Fsp3) is 0.636. The van der Waals surface area contributed by atoms with Crippen LogP contribution in [0.15, 0.2) is 12.4 Å². The molecule has 0 atom stereocenters. The number of nitrogens with one attached hydrogen (secondary N) is 1. The van der Waals surface area contributed by atoms with Gasteiger partial charge in [-0.2, -0.15) is 0 Å². The molecule has 2 N–H and O–H groups in total. The van der Waals surface area contributed by atoms with E-state index in [1.165, 1.54) is 6.33 Å². The van der Waals surface area contributed by atoms with Crippen LogP contribution in [-0.4, -0.2) is 40.4 Å². The van der Waals surface area contributed by atoms with Gasteiger partial charge in [0.05, 0.1) is 5.60 Å². The van der Waals surface area contributed by atoms with Crippen molar-refractivity contribution in [3.05, 3.63) is 18.1 Å². The maximum absolute atomic E-state index is 10.2. The molecule has 1 saturated heterocycles. The third-order valence-electron chi connectivity index (χ3n) is 2.83. The number of aromatic nitrogens is 2. The summed E-state index contributed by atoms with van der Waals surface area (Å²) in [5.41, 5.74) is 0.244. The van der Waals surface area contributed by atoms with Crippen LogP contribution in [0.4, 0.5) is 5.82 Å². The van der Waals surface area contributed by atoms with Crippen LogP contribution >= 0.6 is 0 Å². The SMILES string of the molecule is Cc1cc(NCC2(O)CCOCC2)ncn1. The first-order valence-corrected chi connectivity index (χ1v) is 5.51. The van der Waals surface area contributed by atoms with E-state index in [4.69, 9.17) is 4.74 Å². The minimum absolute atomic E-state index is 0.507. The summed E-state index contributed by atoms with van der Waals surface area (Å²) in [7, 11) is 0. The Morgan fingerprint density at radius 1 is 1.44 bits per heavy atom. The maximum Gasteiger partial charge on any atom is 0.129 e. The van der Waals surface area contributed by atoms with E-state index in [0.29, 0.717) is 32.6 Å². The zero-order valence-corrected chi connectivity index (χ0v) is 9.44. The molecule has 1 aliphatic heterocycles. The molecule has 0 spiro atoms. The Morgan fingerprint density at radius 3 is 2.88 bits per heavy atom. The minimum Gasteiger partial charge on any atom is -0.388 e. The molecule has 2 rings (SSSR count). The molecule has 0 aromatic carbocycles. The fourth-order valence-electron chi connectivity index (χ4n) is 1.73. The van der Waals surface area contributed by atoms with Gasteiger partial charge in [0.25, 0.3) is 0 Å². The van der Waals surface area contributed by atoms with Crippen LogP contribution in [0.3, 0.4) is 0 Å². The zero-order valence-electron chi connectivity index (χ0n) is 9.44. The number of hydrogen-bond donors (Lipinski definition) is 2. The lowest BCUT2D eigenvalue weighted by Gasteiger charge is -2.32. The molecule has 0 unspecified atom stereocenters. The topological polar surface area (TPSA) is 67.3 Å². The number of aryl methyl sites for hydroxylation is 1. The Morgan fingerprint density at radius 2 is 2.19 bits per heavy atom. The van der Waals surface area contributed by atoms with Gasteiger partial charge in [-0.05, 0) is 6.92 Å². The number of rotatable bonds is 3. The highest BCUT2D eigenvalue weighted by Crippen LogP contribution is 2.20. The molecule has 2 heterocycles. The van der Waals surface area contributed by atoms with E-state index >= 15 is 0 Å². The quantitative estimate of drug-likeness (QED) is 0.791. The number of ether oxygens (including phenoxy) is 1. The summed E-state index contributed by atoms with van der Waals surface area (Å²) in [4.78, 5) is 8.11. The van der Waals surface area contributed by atoms with Gasteiger partial charge in [0.1, 0.15) is 12.1 Å². The summed E-state index contributed by atoms with van der Waals surface area (Å²) in [5, 5.41) is 13.4. The number of anilines is 1. The highest BCUT2D eigenvalue weighted by atomic mass is 16.5. The molecule has 0 bridgehead atoms. The lowest BCUT2D eigenvalue weighted by Crippen LogP contribution is -2.42. The van der Waals surface area contributed by atoms with Gasteiger partial charge >= 0.3 is 0 Å². The molecule has 1 fully saturated rings. The molecule has 5 heteroatoms. The van der Waals surface area contributed by atoms with Crippen molar-refractivity contribution < 1.29 is 9.84 Å². The standard InChI is InChI=1S/C11H17N3O2/c1-9-6-10(14-8-13-9)12-7-11(15)2-4-16-5-3-11/h6,8,15H,2-5,7H2,1H3,(H,12,13,14). The largest absolute Gasteiger partial charge is 0.388 e. The minimum atomic E-state index is -0.670. The molecule has 0 amide bonds.